The van der Waals surface area contributed by atoms with Crippen molar-refractivity contribution in [3.8, 4) is 17.6 Å². The second-order valence-electron chi connectivity index (χ2n) is 7.74. The average molecular weight is 504 g/mol. The van der Waals surface area contributed by atoms with E-state index in [1.54, 1.807) is 19.9 Å². The molecule has 0 heterocycles. The molecule has 182 valence electrons. The van der Waals surface area contributed by atoms with Crippen LogP contribution in [0.15, 0.2) is 53.4 Å². The number of aryl methyl sites for hydroxylation is 2. The maximum Gasteiger partial charge on any atom is 0.264 e. The molecule has 3 aromatic carbocycles. The zero-order chi connectivity index (χ0) is 25.9. The zero-order valence-corrected chi connectivity index (χ0v) is 19.4. The number of nitrogens with zero attached hydrogens (tertiary/aromatic N) is 1. The van der Waals surface area contributed by atoms with Gasteiger partial charge in [-0.25, -0.2) is 26.7 Å². The number of carbonyl (C=O) groups is 1. The SMILES string of the molecule is Cc1cc(S(N)(=O)=O)ccc1NC(=O)Cc1ccc(C)c(Oc2cc(C#N)cc(C(F)F)c2)c1F. The van der Waals surface area contributed by atoms with E-state index in [0.717, 1.165) is 12.1 Å². The van der Waals surface area contributed by atoms with Gasteiger partial charge in [-0.1, -0.05) is 12.1 Å². The third-order valence-electron chi connectivity index (χ3n) is 5.06. The number of halogens is 3. The summed E-state index contributed by atoms with van der Waals surface area (Å²) in [5, 5.41) is 16.8. The fourth-order valence-corrected chi connectivity index (χ4v) is 3.86. The van der Waals surface area contributed by atoms with E-state index >= 15 is 4.39 Å². The molecule has 0 aliphatic rings. The van der Waals surface area contributed by atoms with Crippen LogP contribution in [0.5, 0.6) is 11.5 Å². The van der Waals surface area contributed by atoms with E-state index in [2.05, 4.69) is 5.32 Å². The normalized spacial score (nSPS) is 11.3. The number of alkyl halides is 2. The van der Waals surface area contributed by atoms with Gasteiger partial charge < -0.3 is 10.1 Å². The molecule has 1 amide bonds. The molecule has 0 unspecified atom stereocenters. The maximum absolute atomic E-state index is 15.2. The van der Waals surface area contributed by atoms with Crippen LogP contribution in [0.3, 0.4) is 0 Å². The highest BCUT2D eigenvalue weighted by molar-refractivity contribution is 7.89. The molecule has 3 N–H and O–H groups in total. The van der Waals surface area contributed by atoms with E-state index in [1.165, 1.54) is 36.4 Å². The number of nitriles is 1. The standard InChI is InChI=1S/C24H20F3N3O4S/c1-13-3-4-16(11-21(31)30-20-6-5-19(7-14(20)2)35(29,32)33)22(25)23(13)34-18-9-15(12-28)8-17(10-18)24(26)27/h3-10,24H,11H2,1-2H3,(H,30,31)(H2,29,32,33). The summed E-state index contributed by atoms with van der Waals surface area (Å²) in [6.07, 6.45) is -3.24. The van der Waals surface area contributed by atoms with Crippen molar-refractivity contribution in [3.63, 3.8) is 0 Å². The number of hydrogen-bond donors (Lipinski definition) is 2. The number of hydrogen-bond acceptors (Lipinski definition) is 5. The highest BCUT2D eigenvalue weighted by Crippen LogP contribution is 2.33. The molecule has 0 saturated carbocycles. The van der Waals surface area contributed by atoms with Crippen molar-refractivity contribution in [2.75, 3.05) is 5.32 Å². The molecule has 0 aromatic heterocycles. The van der Waals surface area contributed by atoms with Crippen LogP contribution >= 0.6 is 0 Å². The number of primary sulfonamides is 1. The fourth-order valence-electron chi connectivity index (χ4n) is 3.27. The first-order chi connectivity index (χ1) is 16.4. The van der Waals surface area contributed by atoms with Crippen LogP contribution in [0.4, 0.5) is 18.9 Å². The quantitative estimate of drug-likeness (QED) is 0.476. The number of amides is 1. The number of sulfonamides is 1. The van der Waals surface area contributed by atoms with E-state index in [9.17, 15) is 22.0 Å². The van der Waals surface area contributed by atoms with Crippen LogP contribution < -0.4 is 15.2 Å². The Kier molecular flexibility index (Phi) is 7.48. The lowest BCUT2D eigenvalue weighted by atomic mass is 10.1. The van der Waals surface area contributed by atoms with Crippen molar-refractivity contribution in [1.82, 2.24) is 0 Å². The molecule has 11 heteroatoms. The number of nitrogens with two attached hydrogens (primary N) is 1. The Bertz CT molecular complexity index is 1450. The first kappa shape index (κ1) is 25.7. The number of rotatable bonds is 7. The molecule has 0 spiro atoms. The molecule has 0 fully saturated rings. The number of ether oxygens (including phenoxy) is 1. The molecule has 7 nitrogen and oxygen atoms in total. The van der Waals surface area contributed by atoms with Gasteiger partial charge in [0.25, 0.3) is 6.43 Å². The first-order valence-corrected chi connectivity index (χ1v) is 11.7. The molecule has 35 heavy (non-hydrogen) atoms. The van der Waals surface area contributed by atoms with Gasteiger partial charge in [0.05, 0.1) is 22.9 Å². The smallest absolute Gasteiger partial charge is 0.264 e. The zero-order valence-electron chi connectivity index (χ0n) is 18.6. The van der Waals surface area contributed by atoms with E-state index in [1.807, 2.05) is 0 Å². The minimum atomic E-state index is -3.91. The first-order valence-electron chi connectivity index (χ1n) is 10.1. The molecule has 0 aliphatic carbocycles. The van der Waals surface area contributed by atoms with Gasteiger partial charge in [0.2, 0.25) is 15.9 Å². The predicted octanol–water partition coefficient (Wildman–Crippen LogP) is 4.87. The number of carbonyl (C=O) groups excluding carboxylic acids is 1. The maximum atomic E-state index is 15.2. The summed E-state index contributed by atoms with van der Waals surface area (Å²) < 4.78 is 69.9. The van der Waals surface area contributed by atoms with Gasteiger partial charge >= 0.3 is 0 Å². The molecule has 0 saturated heterocycles. The summed E-state index contributed by atoms with van der Waals surface area (Å²) in [5.41, 5.74) is 0.561. The summed E-state index contributed by atoms with van der Waals surface area (Å²) in [6.45, 7) is 3.12. The van der Waals surface area contributed by atoms with Crippen molar-refractivity contribution in [1.29, 1.82) is 5.26 Å². The minimum absolute atomic E-state index is 0.0209. The molecular formula is C24H20F3N3O4S. The summed E-state index contributed by atoms with van der Waals surface area (Å²) >= 11 is 0. The molecule has 0 atom stereocenters. The Balaban J connectivity index is 1.84. The van der Waals surface area contributed by atoms with Gasteiger partial charge in [-0.05, 0) is 61.4 Å². The Morgan fingerprint density at radius 2 is 1.83 bits per heavy atom. The Morgan fingerprint density at radius 1 is 1.11 bits per heavy atom. The van der Waals surface area contributed by atoms with Crippen LogP contribution in [-0.2, 0) is 21.2 Å². The second-order valence-corrected chi connectivity index (χ2v) is 9.30. The van der Waals surface area contributed by atoms with Crippen LogP contribution in [0.1, 0.15) is 34.2 Å². The van der Waals surface area contributed by atoms with Crippen LogP contribution in [0, 0.1) is 31.0 Å². The molecular weight excluding hydrogens is 483 g/mol. The number of benzene rings is 3. The molecule has 0 bridgehead atoms. The molecule has 0 radical (unpaired) electrons. The lowest BCUT2D eigenvalue weighted by molar-refractivity contribution is -0.115. The van der Waals surface area contributed by atoms with Gasteiger partial charge in [0.1, 0.15) is 5.75 Å². The topological polar surface area (TPSA) is 122 Å². The predicted molar refractivity (Wildman–Crippen MR) is 122 cm³/mol. The van der Waals surface area contributed by atoms with E-state index in [-0.39, 0.29) is 33.9 Å². The summed E-state index contributed by atoms with van der Waals surface area (Å²) in [6, 6.07) is 11.8. The third-order valence-corrected chi connectivity index (χ3v) is 5.97. The Morgan fingerprint density at radius 3 is 2.43 bits per heavy atom. The van der Waals surface area contributed by atoms with Crippen molar-refractivity contribution in [2.24, 2.45) is 5.14 Å². The fraction of sp³-hybridized carbons (Fsp3) is 0.167. The second kappa shape index (κ2) is 10.2. The van der Waals surface area contributed by atoms with E-state index in [4.69, 9.17) is 15.1 Å². The van der Waals surface area contributed by atoms with Crippen molar-refractivity contribution in [2.45, 2.75) is 31.6 Å². The highest BCUT2D eigenvalue weighted by atomic mass is 32.2. The monoisotopic (exact) mass is 503 g/mol. The van der Waals surface area contributed by atoms with Gasteiger partial charge in [-0.3, -0.25) is 4.79 Å². The number of anilines is 1. The minimum Gasteiger partial charge on any atom is -0.454 e. The number of nitrogens with one attached hydrogen (secondary N) is 1. The molecule has 0 aliphatic heterocycles. The van der Waals surface area contributed by atoms with Crippen LogP contribution in [0.2, 0.25) is 0 Å². The van der Waals surface area contributed by atoms with E-state index in [0.29, 0.717) is 16.8 Å². The van der Waals surface area contributed by atoms with Gasteiger partial charge in [0, 0.05) is 16.8 Å². The highest BCUT2D eigenvalue weighted by Gasteiger charge is 2.19. The summed E-state index contributed by atoms with van der Waals surface area (Å²) in [7, 11) is -3.91. The van der Waals surface area contributed by atoms with Crippen molar-refractivity contribution >= 4 is 21.6 Å². The van der Waals surface area contributed by atoms with Gasteiger partial charge in [0.15, 0.2) is 11.6 Å². The lowest BCUT2D eigenvalue weighted by Gasteiger charge is -2.14. The van der Waals surface area contributed by atoms with Crippen molar-refractivity contribution in [3.05, 3.63) is 82.2 Å². The largest absolute Gasteiger partial charge is 0.454 e. The Labute approximate surface area is 200 Å². The van der Waals surface area contributed by atoms with Crippen LogP contribution in [0.25, 0.3) is 0 Å². The summed E-state index contributed by atoms with van der Waals surface area (Å²) in [4.78, 5) is 12.4. The van der Waals surface area contributed by atoms with Crippen molar-refractivity contribution < 1.29 is 31.1 Å². The summed E-state index contributed by atoms with van der Waals surface area (Å²) in [5.74, 6) is -1.85. The molecule has 3 aromatic rings. The lowest BCUT2D eigenvalue weighted by Crippen LogP contribution is -2.17. The van der Waals surface area contributed by atoms with E-state index < -0.39 is 33.7 Å². The van der Waals surface area contributed by atoms with Crippen LogP contribution in [-0.4, -0.2) is 14.3 Å². The van der Waals surface area contributed by atoms with Gasteiger partial charge in [-0.15, -0.1) is 0 Å². The van der Waals surface area contributed by atoms with Gasteiger partial charge in [-0.2, -0.15) is 5.26 Å². The average Bonchev–Trinajstić information content (AvgIpc) is 2.79. The Hall–Kier alpha value is -3.88. The third kappa shape index (κ3) is 6.17. The molecule has 3 rings (SSSR count).